The van der Waals surface area contributed by atoms with Crippen LogP contribution in [0.25, 0.3) is 0 Å². The molecule has 104 valence electrons. The Bertz CT molecular complexity index is 438. The van der Waals surface area contributed by atoms with Crippen molar-refractivity contribution in [3.05, 3.63) is 24.0 Å². The number of hydrogen-bond donors (Lipinski definition) is 4. The van der Waals surface area contributed by atoms with Crippen molar-refractivity contribution in [2.75, 3.05) is 6.54 Å². The summed E-state index contributed by atoms with van der Waals surface area (Å²) in [7, 11) is 0. The summed E-state index contributed by atoms with van der Waals surface area (Å²) in [5.74, 6) is 0.334. The van der Waals surface area contributed by atoms with Gasteiger partial charge in [0.25, 0.3) is 0 Å². The zero-order valence-corrected chi connectivity index (χ0v) is 10.5. The smallest absolute Gasteiger partial charge is 0.404 e. The molecule has 1 fully saturated rings. The van der Waals surface area contributed by atoms with Gasteiger partial charge >= 0.3 is 6.09 Å². The van der Waals surface area contributed by atoms with Gasteiger partial charge in [0, 0.05) is 6.54 Å². The molecule has 0 atom stereocenters. The largest absolute Gasteiger partial charge is 0.506 e. The monoisotopic (exact) mass is 266 g/mol. The SMILES string of the molecule is O=C(O)NCC1CCC(O)(c2ccc(O)cn2)CC1. The molecule has 6 nitrogen and oxygen atoms in total. The summed E-state index contributed by atoms with van der Waals surface area (Å²) in [5, 5.41) is 30.7. The van der Waals surface area contributed by atoms with E-state index in [1.165, 1.54) is 12.3 Å². The minimum atomic E-state index is -1.01. The van der Waals surface area contributed by atoms with E-state index in [1.807, 2.05) is 0 Å². The van der Waals surface area contributed by atoms with E-state index in [2.05, 4.69) is 10.3 Å². The first-order valence-corrected chi connectivity index (χ1v) is 6.34. The fourth-order valence-corrected chi connectivity index (χ4v) is 2.51. The summed E-state index contributed by atoms with van der Waals surface area (Å²) >= 11 is 0. The van der Waals surface area contributed by atoms with E-state index in [9.17, 15) is 15.0 Å². The number of hydrogen-bond acceptors (Lipinski definition) is 4. The molecule has 0 spiro atoms. The molecule has 0 unspecified atom stereocenters. The highest BCUT2D eigenvalue weighted by Crippen LogP contribution is 2.38. The summed E-state index contributed by atoms with van der Waals surface area (Å²) in [4.78, 5) is 14.5. The molecule has 0 bridgehead atoms. The van der Waals surface area contributed by atoms with Gasteiger partial charge in [-0.3, -0.25) is 4.98 Å². The number of carbonyl (C=O) groups is 1. The Morgan fingerprint density at radius 3 is 2.63 bits per heavy atom. The molecule has 1 aliphatic carbocycles. The van der Waals surface area contributed by atoms with Crippen LogP contribution in [-0.2, 0) is 5.60 Å². The summed E-state index contributed by atoms with van der Waals surface area (Å²) in [6.07, 6.45) is 2.92. The second-order valence-corrected chi connectivity index (χ2v) is 5.06. The van der Waals surface area contributed by atoms with Crippen LogP contribution in [0, 0.1) is 5.92 Å². The van der Waals surface area contributed by atoms with Gasteiger partial charge in [-0.1, -0.05) is 0 Å². The number of aromatic nitrogens is 1. The normalized spacial score (nSPS) is 26.9. The van der Waals surface area contributed by atoms with Crippen LogP contribution < -0.4 is 5.32 Å². The van der Waals surface area contributed by atoms with Crippen LogP contribution in [0.2, 0.25) is 0 Å². The van der Waals surface area contributed by atoms with Crippen LogP contribution in [-0.4, -0.2) is 32.9 Å². The Labute approximate surface area is 111 Å². The van der Waals surface area contributed by atoms with Crippen LogP contribution in [0.3, 0.4) is 0 Å². The lowest BCUT2D eigenvalue weighted by molar-refractivity contribution is -0.0175. The van der Waals surface area contributed by atoms with Crippen LogP contribution in [0.4, 0.5) is 4.79 Å². The van der Waals surface area contributed by atoms with Gasteiger partial charge in [-0.05, 0) is 43.7 Å². The maximum atomic E-state index is 10.5. The molecular weight excluding hydrogens is 248 g/mol. The number of rotatable bonds is 3. The highest BCUT2D eigenvalue weighted by atomic mass is 16.4. The molecule has 1 saturated carbocycles. The predicted octanol–water partition coefficient (Wildman–Crippen LogP) is 1.43. The molecule has 1 aromatic heterocycles. The molecule has 19 heavy (non-hydrogen) atoms. The summed E-state index contributed by atoms with van der Waals surface area (Å²) in [5.41, 5.74) is -0.400. The minimum absolute atomic E-state index is 0.0756. The number of carboxylic acid groups (broad SMARTS) is 1. The van der Waals surface area contributed by atoms with Gasteiger partial charge in [0.1, 0.15) is 11.4 Å². The first-order valence-electron chi connectivity index (χ1n) is 6.34. The van der Waals surface area contributed by atoms with Gasteiger partial charge in [-0.2, -0.15) is 0 Å². The Balaban J connectivity index is 1.94. The average molecular weight is 266 g/mol. The molecule has 0 saturated heterocycles. The first kappa shape index (κ1) is 13.6. The van der Waals surface area contributed by atoms with Crippen molar-refractivity contribution in [1.29, 1.82) is 0 Å². The van der Waals surface area contributed by atoms with Gasteiger partial charge in [-0.15, -0.1) is 0 Å². The lowest BCUT2D eigenvalue weighted by Crippen LogP contribution is -2.36. The fraction of sp³-hybridized carbons (Fsp3) is 0.538. The highest BCUT2D eigenvalue weighted by molar-refractivity contribution is 5.64. The van der Waals surface area contributed by atoms with Crippen molar-refractivity contribution in [3.8, 4) is 5.75 Å². The zero-order chi connectivity index (χ0) is 13.9. The summed E-state index contributed by atoms with van der Waals surface area (Å²) < 4.78 is 0. The first-order chi connectivity index (χ1) is 8.99. The van der Waals surface area contributed by atoms with Crippen molar-refractivity contribution in [1.82, 2.24) is 10.3 Å². The van der Waals surface area contributed by atoms with E-state index in [0.717, 1.165) is 12.8 Å². The number of pyridine rings is 1. The topological polar surface area (TPSA) is 103 Å². The third-order valence-corrected chi connectivity index (χ3v) is 3.70. The molecule has 6 heteroatoms. The van der Waals surface area contributed by atoms with E-state index in [-0.39, 0.29) is 11.7 Å². The number of amides is 1. The highest BCUT2D eigenvalue weighted by Gasteiger charge is 2.35. The van der Waals surface area contributed by atoms with Crippen LogP contribution in [0.5, 0.6) is 5.75 Å². The molecule has 4 N–H and O–H groups in total. The van der Waals surface area contributed by atoms with E-state index in [4.69, 9.17) is 5.11 Å². The van der Waals surface area contributed by atoms with Crippen molar-refractivity contribution >= 4 is 6.09 Å². The minimum Gasteiger partial charge on any atom is -0.506 e. The molecule has 1 aliphatic rings. The zero-order valence-electron chi connectivity index (χ0n) is 10.5. The number of aromatic hydroxyl groups is 1. The fourth-order valence-electron chi connectivity index (χ4n) is 2.51. The lowest BCUT2D eigenvalue weighted by atomic mass is 9.77. The molecule has 1 amide bonds. The van der Waals surface area contributed by atoms with Crippen LogP contribution >= 0.6 is 0 Å². The maximum absolute atomic E-state index is 10.5. The quantitative estimate of drug-likeness (QED) is 0.662. The summed E-state index contributed by atoms with van der Waals surface area (Å²) in [6, 6.07) is 3.14. The molecular formula is C13H18N2O4. The van der Waals surface area contributed by atoms with Crippen molar-refractivity contribution in [2.45, 2.75) is 31.3 Å². The Morgan fingerprint density at radius 2 is 2.11 bits per heavy atom. The standard InChI is InChI=1S/C13H18N2O4/c16-10-1-2-11(14-8-10)13(19)5-3-9(4-6-13)7-15-12(17)18/h1-2,8-9,15-16,19H,3-7H2,(H,17,18). The molecule has 0 radical (unpaired) electrons. The third kappa shape index (κ3) is 3.35. The third-order valence-electron chi connectivity index (χ3n) is 3.70. The van der Waals surface area contributed by atoms with E-state index in [0.29, 0.717) is 25.1 Å². The molecule has 0 aliphatic heterocycles. The molecule has 1 heterocycles. The van der Waals surface area contributed by atoms with Crippen molar-refractivity contribution < 1.29 is 20.1 Å². The van der Waals surface area contributed by atoms with Crippen molar-refractivity contribution in [2.24, 2.45) is 5.92 Å². The predicted molar refractivity (Wildman–Crippen MR) is 67.8 cm³/mol. The van der Waals surface area contributed by atoms with Gasteiger partial charge in [0.05, 0.1) is 11.9 Å². The average Bonchev–Trinajstić information content (AvgIpc) is 2.39. The maximum Gasteiger partial charge on any atom is 0.404 e. The van der Waals surface area contributed by atoms with E-state index < -0.39 is 11.7 Å². The molecule has 0 aromatic carbocycles. The number of aliphatic hydroxyl groups is 1. The summed E-state index contributed by atoms with van der Waals surface area (Å²) in [6.45, 7) is 0.425. The lowest BCUT2D eigenvalue weighted by Gasteiger charge is -2.35. The molecule has 1 aromatic rings. The van der Waals surface area contributed by atoms with Gasteiger partial charge in [0.15, 0.2) is 0 Å². The number of nitrogens with one attached hydrogen (secondary N) is 1. The Morgan fingerprint density at radius 1 is 1.42 bits per heavy atom. The second kappa shape index (κ2) is 5.44. The van der Waals surface area contributed by atoms with Crippen LogP contribution in [0.1, 0.15) is 31.4 Å². The second-order valence-electron chi connectivity index (χ2n) is 5.06. The number of nitrogens with zero attached hydrogens (tertiary/aromatic N) is 1. The van der Waals surface area contributed by atoms with Gasteiger partial charge in [-0.25, -0.2) is 4.79 Å². The Kier molecular flexibility index (Phi) is 3.90. The van der Waals surface area contributed by atoms with Gasteiger partial charge in [0.2, 0.25) is 0 Å². The van der Waals surface area contributed by atoms with Crippen LogP contribution in [0.15, 0.2) is 18.3 Å². The van der Waals surface area contributed by atoms with Crippen molar-refractivity contribution in [3.63, 3.8) is 0 Å². The Hall–Kier alpha value is -1.82. The van der Waals surface area contributed by atoms with E-state index >= 15 is 0 Å². The molecule has 2 rings (SSSR count). The van der Waals surface area contributed by atoms with E-state index in [1.54, 1.807) is 6.07 Å². The van der Waals surface area contributed by atoms with Gasteiger partial charge < -0.3 is 20.6 Å².